The molecule has 1 aliphatic rings. The zero-order valence-corrected chi connectivity index (χ0v) is 18.1. The van der Waals surface area contributed by atoms with Gasteiger partial charge in [0, 0.05) is 32.1 Å². The summed E-state index contributed by atoms with van der Waals surface area (Å²) in [6.45, 7) is 1.36. The van der Waals surface area contributed by atoms with Crippen molar-refractivity contribution in [3.63, 3.8) is 0 Å². The van der Waals surface area contributed by atoms with Crippen molar-refractivity contribution >= 4 is 39.4 Å². The van der Waals surface area contributed by atoms with Gasteiger partial charge in [-0.15, -0.1) is 11.3 Å². The highest BCUT2D eigenvalue weighted by atomic mass is 32.1. The molecule has 31 heavy (non-hydrogen) atoms. The summed E-state index contributed by atoms with van der Waals surface area (Å²) in [4.78, 5) is 48.0. The van der Waals surface area contributed by atoms with Crippen LogP contribution in [0.1, 0.15) is 24.2 Å². The fourth-order valence-corrected chi connectivity index (χ4v) is 4.52. The molecule has 3 heterocycles. The largest absolute Gasteiger partial charge is 0.339 e. The van der Waals surface area contributed by atoms with Gasteiger partial charge in [-0.05, 0) is 35.9 Å². The number of hydrogen-bond donors (Lipinski definition) is 1. The number of amides is 2. The number of hydrogen-bond acceptors (Lipinski definition) is 5. The van der Waals surface area contributed by atoms with Crippen LogP contribution in [0.15, 0.2) is 52.6 Å². The molecule has 3 aromatic rings. The molecule has 1 saturated heterocycles. The van der Waals surface area contributed by atoms with Crippen LogP contribution in [0.3, 0.4) is 0 Å². The molecule has 1 fully saturated rings. The quantitative estimate of drug-likeness (QED) is 0.623. The van der Waals surface area contributed by atoms with Crippen LogP contribution in [-0.4, -0.2) is 51.7 Å². The Kier molecular flexibility index (Phi) is 6.27. The van der Waals surface area contributed by atoms with Crippen molar-refractivity contribution in [1.82, 2.24) is 19.8 Å². The van der Waals surface area contributed by atoms with Gasteiger partial charge in [-0.25, -0.2) is 4.98 Å². The monoisotopic (exact) mass is 436 g/mol. The van der Waals surface area contributed by atoms with Gasteiger partial charge in [0.1, 0.15) is 10.5 Å². The van der Waals surface area contributed by atoms with E-state index < -0.39 is 0 Å². The molecule has 0 saturated carbocycles. The molecule has 0 unspecified atom stereocenters. The number of thiophene rings is 1. The summed E-state index contributed by atoms with van der Waals surface area (Å²) >= 11 is 1.35. The molecule has 8 heteroatoms. The standard InChI is InChI=1S/C23H24N4O3S/c1-26(15-19-24-18-11-14-31-21(18)22(29)25-19)23(30)17-9-12-27(13-10-17)20(28)8-7-16-5-3-2-4-6-16/h2-8,11,14,17H,9-10,12-13,15H2,1H3,(H,24,25,29)/b8-7+. The lowest BCUT2D eigenvalue weighted by Gasteiger charge is -2.32. The molecule has 0 aliphatic carbocycles. The minimum absolute atomic E-state index is 0.0139. The van der Waals surface area contributed by atoms with E-state index in [0.717, 1.165) is 5.56 Å². The number of aromatic amines is 1. The number of fused-ring (bicyclic) bond motifs is 1. The number of aromatic nitrogens is 2. The number of likely N-dealkylation sites (tertiary alicyclic amines) is 1. The van der Waals surface area contributed by atoms with E-state index in [1.807, 2.05) is 41.8 Å². The normalized spacial score (nSPS) is 14.9. The van der Waals surface area contributed by atoms with Crippen molar-refractivity contribution in [2.75, 3.05) is 20.1 Å². The van der Waals surface area contributed by atoms with E-state index in [4.69, 9.17) is 0 Å². The topological polar surface area (TPSA) is 86.4 Å². The Bertz CT molecular complexity index is 1160. The maximum Gasteiger partial charge on any atom is 0.268 e. The second-order valence-corrected chi connectivity index (χ2v) is 8.60. The van der Waals surface area contributed by atoms with Crippen LogP contribution < -0.4 is 5.56 Å². The Morgan fingerprint density at radius 1 is 1.23 bits per heavy atom. The maximum absolute atomic E-state index is 12.9. The smallest absolute Gasteiger partial charge is 0.268 e. The van der Waals surface area contributed by atoms with Gasteiger partial charge in [0.15, 0.2) is 0 Å². The maximum atomic E-state index is 12.9. The lowest BCUT2D eigenvalue weighted by molar-refractivity contribution is -0.138. The number of rotatable bonds is 5. The van der Waals surface area contributed by atoms with Gasteiger partial charge in [0.2, 0.25) is 11.8 Å². The Labute approximate surface area is 184 Å². The summed E-state index contributed by atoms with van der Waals surface area (Å²) in [5, 5.41) is 1.83. The minimum atomic E-state index is -0.175. The van der Waals surface area contributed by atoms with Crippen LogP contribution in [0.4, 0.5) is 0 Å². The van der Waals surface area contributed by atoms with E-state index in [1.165, 1.54) is 11.3 Å². The summed E-state index contributed by atoms with van der Waals surface area (Å²) < 4.78 is 0.594. The van der Waals surface area contributed by atoms with E-state index in [2.05, 4.69) is 9.97 Å². The molecule has 4 rings (SSSR count). The van der Waals surface area contributed by atoms with Gasteiger partial charge in [0.25, 0.3) is 5.56 Å². The first-order chi connectivity index (χ1) is 15.0. The number of H-pyrrole nitrogens is 1. The second kappa shape index (κ2) is 9.26. The lowest BCUT2D eigenvalue weighted by atomic mass is 9.95. The fourth-order valence-electron chi connectivity index (χ4n) is 3.79. The Morgan fingerprint density at radius 3 is 2.71 bits per heavy atom. The number of carbonyl (C=O) groups is 2. The molecule has 1 N–H and O–H groups in total. The predicted molar refractivity (Wildman–Crippen MR) is 121 cm³/mol. The molecule has 1 aromatic carbocycles. The first-order valence-electron chi connectivity index (χ1n) is 10.2. The van der Waals surface area contributed by atoms with Crippen molar-refractivity contribution in [3.8, 4) is 0 Å². The first-order valence-corrected chi connectivity index (χ1v) is 11.1. The van der Waals surface area contributed by atoms with Crippen molar-refractivity contribution in [1.29, 1.82) is 0 Å². The first kappa shape index (κ1) is 21.0. The molecule has 0 radical (unpaired) electrons. The number of nitrogens with zero attached hydrogens (tertiary/aromatic N) is 3. The lowest BCUT2D eigenvalue weighted by Crippen LogP contribution is -2.43. The molecular formula is C23H24N4O3S. The zero-order valence-electron chi connectivity index (χ0n) is 17.3. The van der Waals surface area contributed by atoms with Crippen molar-refractivity contribution in [2.24, 2.45) is 5.92 Å². The third kappa shape index (κ3) is 4.91. The summed E-state index contributed by atoms with van der Waals surface area (Å²) in [6, 6.07) is 11.5. The van der Waals surface area contributed by atoms with Crippen molar-refractivity contribution < 1.29 is 9.59 Å². The van der Waals surface area contributed by atoms with Crippen LogP contribution >= 0.6 is 11.3 Å². The molecule has 0 atom stereocenters. The number of carbonyl (C=O) groups excluding carboxylic acids is 2. The fraction of sp³-hybridized carbons (Fsp3) is 0.304. The molecule has 2 amide bonds. The molecule has 2 aromatic heterocycles. The average Bonchev–Trinajstić information content (AvgIpc) is 3.27. The van der Waals surface area contributed by atoms with Gasteiger partial charge in [-0.2, -0.15) is 0 Å². The predicted octanol–water partition coefficient (Wildman–Crippen LogP) is 2.90. The highest BCUT2D eigenvalue weighted by Gasteiger charge is 2.28. The molecule has 0 spiro atoms. The summed E-state index contributed by atoms with van der Waals surface area (Å²) in [6.07, 6.45) is 4.65. The summed E-state index contributed by atoms with van der Waals surface area (Å²) in [5.74, 6) is 0.322. The van der Waals surface area contributed by atoms with E-state index >= 15 is 0 Å². The van der Waals surface area contributed by atoms with Crippen molar-refractivity contribution in [3.05, 3.63) is 69.6 Å². The third-order valence-corrected chi connectivity index (χ3v) is 6.40. The molecule has 1 aliphatic heterocycles. The number of piperidine rings is 1. The van der Waals surface area contributed by atoms with Crippen LogP contribution in [0.25, 0.3) is 16.3 Å². The average molecular weight is 437 g/mol. The van der Waals surface area contributed by atoms with Gasteiger partial charge in [-0.3, -0.25) is 14.4 Å². The Morgan fingerprint density at radius 2 is 1.97 bits per heavy atom. The van der Waals surface area contributed by atoms with E-state index in [1.54, 1.807) is 29.0 Å². The molecule has 0 bridgehead atoms. The van der Waals surface area contributed by atoms with Crippen LogP contribution in [0, 0.1) is 5.92 Å². The van der Waals surface area contributed by atoms with E-state index in [-0.39, 0.29) is 29.8 Å². The zero-order chi connectivity index (χ0) is 21.8. The van der Waals surface area contributed by atoms with Gasteiger partial charge in [-0.1, -0.05) is 30.3 Å². The number of nitrogens with one attached hydrogen (secondary N) is 1. The van der Waals surface area contributed by atoms with Gasteiger partial charge in [0.05, 0.1) is 12.1 Å². The van der Waals surface area contributed by atoms with Crippen LogP contribution in [0.5, 0.6) is 0 Å². The minimum Gasteiger partial charge on any atom is -0.339 e. The molecule has 7 nitrogen and oxygen atoms in total. The van der Waals surface area contributed by atoms with E-state index in [0.29, 0.717) is 42.0 Å². The summed E-state index contributed by atoms with van der Waals surface area (Å²) in [7, 11) is 1.72. The SMILES string of the molecule is CN(Cc1nc2ccsc2c(=O)[nH]1)C(=O)C1CCN(C(=O)/C=C/c2ccccc2)CC1. The molecular weight excluding hydrogens is 412 g/mol. The highest BCUT2D eigenvalue weighted by Crippen LogP contribution is 2.21. The summed E-state index contributed by atoms with van der Waals surface area (Å²) in [5.41, 5.74) is 1.46. The van der Waals surface area contributed by atoms with Gasteiger partial charge >= 0.3 is 0 Å². The Balaban J connectivity index is 1.31. The third-order valence-electron chi connectivity index (χ3n) is 5.50. The van der Waals surface area contributed by atoms with Crippen LogP contribution in [-0.2, 0) is 16.1 Å². The highest BCUT2D eigenvalue weighted by molar-refractivity contribution is 7.17. The second-order valence-electron chi connectivity index (χ2n) is 7.69. The van der Waals surface area contributed by atoms with Crippen LogP contribution in [0.2, 0.25) is 0 Å². The van der Waals surface area contributed by atoms with Crippen molar-refractivity contribution in [2.45, 2.75) is 19.4 Å². The number of benzene rings is 1. The van der Waals surface area contributed by atoms with Gasteiger partial charge < -0.3 is 14.8 Å². The molecule has 160 valence electrons. The Hall–Kier alpha value is -3.26. The van der Waals surface area contributed by atoms with E-state index in [9.17, 15) is 14.4 Å².